The Morgan fingerprint density at radius 2 is 1.60 bits per heavy atom. The van der Waals surface area contributed by atoms with Crippen LogP contribution < -0.4 is 16.0 Å². The number of nitrogens with one attached hydrogen (secondary N) is 3. The topological polar surface area (TPSA) is 96.5 Å². The molecule has 30 heavy (non-hydrogen) atoms. The normalized spacial score (nSPS) is 11.0. The summed E-state index contributed by atoms with van der Waals surface area (Å²) >= 11 is 0. The van der Waals surface area contributed by atoms with Crippen LogP contribution in [0.2, 0.25) is 0 Å². The van der Waals surface area contributed by atoms with Crippen LogP contribution in [0.15, 0.2) is 60.7 Å². The molecular weight excluding hydrogens is 382 g/mol. The van der Waals surface area contributed by atoms with E-state index in [0.29, 0.717) is 5.69 Å². The van der Waals surface area contributed by atoms with Crippen LogP contribution in [0.1, 0.15) is 31.9 Å². The Bertz CT molecular complexity index is 902. The molecular formula is C23H27N3O4. The van der Waals surface area contributed by atoms with E-state index in [-0.39, 0.29) is 19.0 Å². The lowest BCUT2D eigenvalue weighted by atomic mass is 10.1. The molecule has 0 fully saturated rings. The van der Waals surface area contributed by atoms with Crippen LogP contribution in [-0.4, -0.2) is 30.1 Å². The summed E-state index contributed by atoms with van der Waals surface area (Å²) in [5.41, 5.74) is 1.59. The lowest BCUT2D eigenvalue weighted by Gasteiger charge is -2.19. The third-order valence-electron chi connectivity index (χ3n) is 3.76. The fourth-order valence-electron chi connectivity index (χ4n) is 2.43. The highest BCUT2D eigenvalue weighted by Crippen LogP contribution is 2.14. The van der Waals surface area contributed by atoms with Crippen LogP contribution >= 0.6 is 0 Å². The van der Waals surface area contributed by atoms with Gasteiger partial charge >= 0.3 is 6.09 Å². The fourth-order valence-corrected chi connectivity index (χ4v) is 2.43. The van der Waals surface area contributed by atoms with E-state index in [1.54, 1.807) is 45.0 Å². The van der Waals surface area contributed by atoms with Crippen LogP contribution in [0.25, 0.3) is 6.08 Å². The zero-order valence-electron chi connectivity index (χ0n) is 17.4. The molecule has 0 atom stereocenters. The molecule has 158 valence electrons. The van der Waals surface area contributed by atoms with Crippen molar-refractivity contribution in [1.82, 2.24) is 10.6 Å². The standard InChI is InChI=1S/C23H27N3O4/c1-23(2,3)30-22(29)25-16-21(28)26-19-12-8-7-11-18(19)15-24-20(27)14-13-17-9-5-4-6-10-17/h4-14H,15-16H2,1-3H3,(H,24,27)(H,25,29)(H,26,28)/b14-13+. The zero-order chi connectivity index (χ0) is 22.0. The minimum Gasteiger partial charge on any atom is -0.444 e. The molecule has 2 rings (SSSR count). The molecule has 7 heteroatoms. The van der Waals surface area contributed by atoms with Gasteiger partial charge in [-0.1, -0.05) is 48.5 Å². The average Bonchev–Trinajstić information content (AvgIpc) is 2.69. The Morgan fingerprint density at radius 1 is 0.933 bits per heavy atom. The number of ether oxygens (including phenoxy) is 1. The second-order valence-electron chi connectivity index (χ2n) is 7.52. The third kappa shape index (κ3) is 8.60. The first-order valence-corrected chi connectivity index (χ1v) is 9.58. The lowest BCUT2D eigenvalue weighted by Crippen LogP contribution is -2.37. The van der Waals surface area contributed by atoms with Gasteiger partial charge in [-0.3, -0.25) is 9.59 Å². The predicted octanol–water partition coefficient (Wildman–Crippen LogP) is 3.48. The van der Waals surface area contributed by atoms with Crippen molar-refractivity contribution >= 4 is 29.7 Å². The van der Waals surface area contributed by atoms with Gasteiger partial charge in [0.2, 0.25) is 11.8 Å². The molecule has 0 radical (unpaired) electrons. The molecule has 3 amide bonds. The maximum absolute atomic E-state index is 12.2. The molecule has 0 aromatic heterocycles. The first-order valence-electron chi connectivity index (χ1n) is 9.58. The number of amides is 3. The van der Waals surface area contributed by atoms with Crippen LogP contribution in [0.4, 0.5) is 10.5 Å². The van der Waals surface area contributed by atoms with Gasteiger partial charge in [-0.2, -0.15) is 0 Å². The number of hydrogen-bond donors (Lipinski definition) is 3. The summed E-state index contributed by atoms with van der Waals surface area (Å²) in [6, 6.07) is 16.6. The number of anilines is 1. The quantitative estimate of drug-likeness (QED) is 0.610. The minimum absolute atomic E-state index is 0.227. The van der Waals surface area contributed by atoms with E-state index in [9.17, 15) is 14.4 Å². The number of carbonyl (C=O) groups excluding carboxylic acids is 3. The second kappa shape index (κ2) is 10.8. The van der Waals surface area contributed by atoms with Crippen LogP contribution in [0.3, 0.4) is 0 Å². The van der Waals surface area contributed by atoms with Gasteiger partial charge in [0.15, 0.2) is 0 Å². The molecule has 0 saturated heterocycles. The molecule has 3 N–H and O–H groups in total. The number of rotatable bonds is 7. The van der Waals surface area contributed by atoms with Crippen molar-refractivity contribution < 1.29 is 19.1 Å². The summed E-state index contributed by atoms with van der Waals surface area (Å²) in [4.78, 5) is 35.9. The van der Waals surface area contributed by atoms with E-state index in [4.69, 9.17) is 4.74 Å². The molecule has 0 aliphatic heterocycles. The average molecular weight is 409 g/mol. The fraction of sp³-hybridized carbons (Fsp3) is 0.261. The first-order chi connectivity index (χ1) is 14.2. The van der Waals surface area contributed by atoms with Gasteiger partial charge in [-0.25, -0.2) is 4.79 Å². The van der Waals surface area contributed by atoms with E-state index < -0.39 is 17.6 Å². The first kappa shape index (κ1) is 22.7. The molecule has 0 saturated carbocycles. The lowest BCUT2D eigenvalue weighted by molar-refractivity contribution is -0.116. The van der Waals surface area contributed by atoms with Crippen molar-refractivity contribution in [3.63, 3.8) is 0 Å². The molecule has 0 spiro atoms. The third-order valence-corrected chi connectivity index (χ3v) is 3.76. The highest BCUT2D eigenvalue weighted by molar-refractivity contribution is 5.95. The number of carbonyl (C=O) groups is 3. The number of hydrogen-bond acceptors (Lipinski definition) is 4. The molecule has 0 bridgehead atoms. The van der Waals surface area contributed by atoms with Gasteiger partial charge in [0.1, 0.15) is 12.1 Å². The molecule has 0 unspecified atom stereocenters. The summed E-state index contributed by atoms with van der Waals surface area (Å²) in [6.45, 7) is 5.24. The summed E-state index contributed by atoms with van der Waals surface area (Å²) in [6.07, 6.45) is 2.52. The molecule has 7 nitrogen and oxygen atoms in total. The van der Waals surface area contributed by atoms with Crippen LogP contribution in [0, 0.1) is 0 Å². The SMILES string of the molecule is CC(C)(C)OC(=O)NCC(=O)Nc1ccccc1CNC(=O)/C=C/c1ccccc1. The van der Waals surface area contributed by atoms with E-state index in [0.717, 1.165) is 11.1 Å². The summed E-state index contributed by atoms with van der Waals surface area (Å²) < 4.78 is 5.10. The molecule has 0 heterocycles. The summed E-state index contributed by atoms with van der Waals surface area (Å²) in [5.74, 6) is -0.643. The Hall–Kier alpha value is -3.61. The van der Waals surface area contributed by atoms with Crippen molar-refractivity contribution in [3.8, 4) is 0 Å². The Kier molecular flexibility index (Phi) is 8.17. The van der Waals surface area contributed by atoms with Gasteiger partial charge in [-0.15, -0.1) is 0 Å². The van der Waals surface area contributed by atoms with Gasteiger partial charge in [0, 0.05) is 18.3 Å². The molecule has 2 aromatic rings. The Labute approximate surface area is 176 Å². The number of alkyl carbamates (subject to hydrolysis) is 1. The van der Waals surface area contributed by atoms with E-state index >= 15 is 0 Å². The predicted molar refractivity (Wildman–Crippen MR) is 117 cm³/mol. The maximum atomic E-state index is 12.2. The molecule has 0 aliphatic carbocycles. The highest BCUT2D eigenvalue weighted by atomic mass is 16.6. The smallest absolute Gasteiger partial charge is 0.408 e. The Morgan fingerprint density at radius 3 is 2.30 bits per heavy atom. The van der Waals surface area contributed by atoms with Crippen LogP contribution in [-0.2, 0) is 20.9 Å². The van der Waals surface area contributed by atoms with Crippen molar-refractivity contribution in [2.24, 2.45) is 0 Å². The van der Waals surface area contributed by atoms with E-state index in [1.807, 2.05) is 36.4 Å². The van der Waals surface area contributed by atoms with Gasteiger partial charge < -0.3 is 20.7 Å². The number of para-hydroxylation sites is 1. The van der Waals surface area contributed by atoms with Gasteiger partial charge in [0.05, 0.1) is 0 Å². The zero-order valence-corrected chi connectivity index (χ0v) is 17.4. The summed E-state index contributed by atoms with van der Waals surface area (Å²) in [5, 5.41) is 7.93. The second-order valence-corrected chi connectivity index (χ2v) is 7.52. The summed E-state index contributed by atoms with van der Waals surface area (Å²) in [7, 11) is 0. The minimum atomic E-state index is -0.664. The van der Waals surface area contributed by atoms with Crippen molar-refractivity contribution in [1.29, 1.82) is 0 Å². The van der Waals surface area contributed by atoms with Crippen molar-refractivity contribution in [2.45, 2.75) is 32.9 Å². The molecule has 2 aromatic carbocycles. The van der Waals surface area contributed by atoms with Gasteiger partial charge in [-0.05, 0) is 44.0 Å². The largest absolute Gasteiger partial charge is 0.444 e. The van der Waals surface area contributed by atoms with Gasteiger partial charge in [0.25, 0.3) is 0 Å². The van der Waals surface area contributed by atoms with E-state index in [2.05, 4.69) is 16.0 Å². The molecule has 0 aliphatic rings. The van der Waals surface area contributed by atoms with Crippen molar-refractivity contribution in [2.75, 3.05) is 11.9 Å². The monoisotopic (exact) mass is 409 g/mol. The Balaban J connectivity index is 1.86. The maximum Gasteiger partial charge on any atom is 0.408 e. The number of benzene rings is 2. The highest BCUT2D eigenvalue weighted by Gasteiger charge is 2.16. The van der Waals surface area contributed by atoms with Crippen LogP contribution in [0.5, 0.6) is 0 Å². The van der Waals surface area contributed by atoms with Crippen molar-refractivity contribution in [3.05, 3.63) is 71.8 Å². The van der Waals surface area contributed by atoms with E-state index in [1.165, 1.54) is 6.08 Å².